The Bertz CT molecular complexity index is 702. The molecule has 3 rings (SSSR count). The van der Waals surface area contributed by atoms with Crippen LogP contribution in [0.5, 0.6) is 0 Å². The van der Waals surface area contributed by atoms with Crippen molar-refractivity contribution in [3.05, 3.63) is 22.2 Å². The van der Waals surface area contributed by atoms with Crippen LogP contribution in [0.1, 0.15) is 19.7 Å². The lowest BCUT2D eigenvalue weighted by Crippen LogP contribution is -2.49. The van der Waals surface area contributed by atoms with Gasteiger partial charge in [0.2, 0.25) is 0 Å². The molecule has 1 N–H and O–H groups in total. The lowest BCUT2D eigenvalue weighted by molar-refractivity contribution is 0.209. The van der Waals surface area contributed by atoms with Crippen molar-refractivity contribution < 1.29 is 0 Å². The molecule has 0 aromatic carbocycles. The molecule has 0 bridgehead atoms. The Labute approximate surface area is 123 Å². The minimum absolute atomic E-state index is 0.158. The molecule has 7 heteroatoms. The highest BCUT2D eigenvalue weighted by Gasteiger charge is 2.20. The molecular weight excluding hydrogens is 268 g/mol. The average Bonchev–Trinajstić information content (AvgIpc) is 2.47. The zero-order valence-electron chi connectivity index (χ0n) is 12.6. The quantitative estimate of drug-likeness (QED) is 0.869. The van der Waals surface area contributed by atoms with Gasteiger partial charge >= 0.3 is 0 Å². The van der Waals surface area contributed by atoms with E-state index in [1.54, 1.807) is 13.0 Å². The average molecular weight is 288 g/mol. The summed E-state index contributed by atoms with van der Waals surface area (Å²) in [5.74, 6) is 1.31. The Morgan fingerprint density at radius 2 is 1.90 bits per heavy atom. The molecule has 2 aromatic rings. The van der Waals surface area contributed by atoms with Gasteiger partial charge in [0.1, 0.15) is 5.82 Å². The molecule has 1 fully saturated rings. The van der Waals surface area contributed by atoms with Crippen LogP contribution in [0.3, 0.4) is 0 Å². The Hall–Kier alpha value is -2.02. The molecule has 112 valence electrons. The number of hydrogen-bond donors (Lipinski definition) is 1. The highest BCUT2D eigenvalue weighted by Crippen LogP contribution is 2.16. The van der Waals surface area contributed by atoms with Crippen LogP contribution in [0.4, 0.5) is 5.82 Å². The van der Waals surface area contributed by atoms with Crippen molar-refractivity contribution in [1.82, 2.24) is 25.1 Å². The van der Waals surface area contributed by atoms with Gasteiger partial charge < -0.3 is 9.88 Å². The molecule has 21 heavy (non-hydrogen) atoms. The van der Waals surface area contributed by atoms with E-state index in [-0.39, 0.29) is 5.56 Å². The maximum atomic E-state index is 12.0. The van der Waals surface area contributed by atoms with Crippen molar-refractivity contribution in [2.45, 2.75) is 26.8 Å². The Morgan fingerprint density at radius 1 is 1.19 bits per heavy atom. The molecule has 0 saturated carbocycles. The summed E-state index contributed by atoms with van der Waals surface area (Å²) in [5.41, 5.74) is 0.246. The van der Waals surface area contributed by atoms with Gasteiger partial charge in [-0.05, 0) is 26.8 Å². The summed E-state index contributed by atoms with van der Waals surface area (Å²) >= 11 is 0. The lowest BCUT2D eigenvalue weighted by atomic mass is 10.2. The summed E-state index contributed by atoms with van der Waals surface area (Å²) in [6.07, 6.45) is 0. The third kappa shape index (κ3) is 2.73. The van der Waals surface area contributed by atoms with Crippen LogP contribution in [0.25, 0.3) is 11.0 Å². The first-order valence-electron chi connectivity index (χ1n) is 7.28. The smallest absolute Gasteiger partial charge is 0.260 e. The van der Waals surface area contributed by atoms with Crippen LogP contribution in [0, 0.1) is 6.92 Å². The lowest BCUT2D eigenvalue weighted by Gasteiger charge is -2.37. The Morgan fingerprint density at radius 3 is 2.57 bits per heavy atom. The summed E-state index contributed by atoms with van der Waals surface area (Å²) < 4.78 is 0. The van der Waals surface area contributed by atoms with Gasteiger partial charge in [-0.3, -0.25) is 9.69 Å². The first-order chi connectivity index (χ1) is 10.0. The maximum absolute atomic E-state index is 12.0. The number of aryl methyl sites for hydroxylation is 1. The first-order valence-corrected chi connectivity index (χ1v) is 7.28. The van der Waals surface area contributed by atoms with Gasteiger partial charge in [-0.2, -0.15) is 0 Å². The third-order valence-electron chi connectivity index (χ3n) is 3.94. The second kappa shape index (κ2) is 5.40. The number of nitrogens with zero attached hydrogens (tertiary/aromatic N) is 5. The Kier molecular flexibility index (Phi) is 3.59. The molecule has 0 atom stereocenters. The second-order valence-electron chi connectivity index (χ2n) is 5.71. The molecule has 3 heterocycles. The largest absolute Gasteiger partial charge is 0.353 e. The number of anilines is 1. The van der Waals surface area contributed by atoms with E-state index in [9.17, 15) is 4.79 Å². The van der Waals surface area contributed by atoms with Crippen molar-refractivity contribution in [3.8, 4) is 0 Å². The number of H-pyrrole nitrogens is 1. The van der Waals surface area contributed by atoms with E-state index in [4.69, 9.17) is 0 Å². The van der Waals surface area contributed by atoms with E-state index < -0.39 is 0 Å². The van der Waals surface area contributed by atoms with Crippen LogP contribution in [-0.4, -0.2) is 57.3 Å². The van der Waals surface area contributed by atoms with Crippen LogP contribution >= 0.6 is 0 Å². The van der Waals surface area contributed by atoms with E-state index in [0.717, 1.165) is 32.0 Å². The minimum Gasteiger partial charge on any atom is -0.353 e. The molecule has 0 amide bonds. The minimum atomic E-state index is -0.158. The monoisotopic (exact) mass is 288 g/mol. The van der Waals surface area contributed by atoms with Gasteiger partial charge in [0.25, 0.3) is 5.56 Å². The van der Waals surface area contributed by atoms with E-state index in [0.29, 0.717) is 22.9 Å². The summed E-state index contributed by atoms with van der Waals surface area (Å²) in [6, 6.07) is 2.35. The van der Waals surface area contributed by atoms with Crippen LogP contribution < -0.4 is 10.5 Å². The highest BCUT2D eigenvalue weighted by molar-refractivity contribution is 5.75. The first kappa shape index (κ1) is 13.9. The highest BCUT2D eigenvalue weighted by atomic mass is 16.1. The number of rotatable bonds is 2. The fourth-order valence-electron chi connectivity index (χ4n) is 2.67. The van der Waals surface area contributed by atoms with Gasteiger partial charge in [0.05, 0.1) is 5.39 Å². The van der Waals surface area contributed by atoms with Crippen LogP contribution in [0.15, 0.2) is 10.9 Å². The van der Waals surface area contributed by atoms with E-state index in [1.165, 1.54) is 0 Å². The zero-order chi connectivity index (χ0) is 15.0. The predicted octanol–water partition coefficient (Wildman–Crippen LogP) is 0.552. The molecule has 2 aromatic heterocycles. The molecule has 1 saturated heterocycles. The van der Waals surface area contributed by atoms with Gasteiger partial charge in [0, 0.05) is 32.2 Å². The van der Waals surface area contributed by atoms with Crippen LogP contribution in [-0.2, 0) is 0 Å². The standard InChI is InChI=1S/C14H20N6O/c1-9(2)19-4-6-20(7-5-19)12-8-11-13(18-17-12)15-10(3)16-14(11)21/h8-9H,4-7H2,1-3H3,(H,15,16,18,21). The molecule has 7 nitrogen and oxygen atoms in total. The van der Waals surface area contributed by atoms with Gasteiger partial charge in [0.15, 0.2) is 11.5 Å². The fraction of sp³-hybridized carbons (Fsp3) is 0.571. The predicted molar refractivity (Wildman–Crippen MR) is 81.6 cm³/mol. The number of nitrogens with one attached hydrogen (secondary N) is 1. The second-order valence-corrected chi connectivity index (χ2v) is 5.71. The number of fused-ring (bicyclic) bond motifs is 1. The van der Waals surface area contributed by atoms with Gasteiger partial charge in [-0.1, -0.05) is 0 Å². The zero-order valence-corrected chi connectivity index (χ0v) is 12.6. The van der Waals surface area contributed by atoms with Gasteiger partial charge in [-0.15, -0.1) is 10.2 Å². The summed E-state index contributed by atoms with van der Waals surface area (Å²) in [6.45, 7) is 9.95. The third-order valence-corrected chi connectivity index (χ3v) is 3.94. The SMILES string of the molecule is Cc1nc2nnc(N3CCN(C(C)C)CC3)cc2c(=O)[nH]1. The van der Waals surface area contributed by atoms with E-state index >= 15 is 0 Å². The number of aromatic nitrogens is 4. The molecule has 0 unspecified atom stereocenters. The molecule has 0 radical (unpaired) electrons. The number of hydrogen-bond acceptors (Lipinski definition) is 6. The fourth-order valence-corrected chi connectivity index (χ4v) is 2.67. The van der Waals surface area contributed by atoms with Crippen molar-refractivity contribution in [2.75, 3.05) is 31.1 Å². The van der Waals surface area contributed by atoms with E-state index in [2.05, 4.69) is 43.8 Å². The van der Waals surface area contributed by atoms with Crippen molar-refractivity contribution in [3.63, 3.8) is 0 Å². The summed E-state index contributed by atoms with van der Waals surface area (Å²) in [4.78, 5) is 23.5. The molecule has 1 aliphatic rings. The number of piperazine rings is 1. The van der Waals surface area contributed by atoms with Gasteiger partial charge in [-0.25, -0.2) is 4.98 Å². The normalized spacial score (nSPS) is 16.9. The maximum Gasteiger partial charge on any atom is 0.260 e. The molecule has 0 spiro atoms. The number of aromatic amines is 1. The van der Waals surface area contributed by atoms with Crippen LogP contribution in [0.2, 0.25) is 0 Å². The van der Waals surface area contributed by atoms with Crippen molar-refractivity contribution in [1.29, 1.82) is 0 Å². The van der Waals surface area contributed by atoms with Crippen molar-refractivity contribution >= 4 is 16.9 Å². The molecule has 0 aliphatic carbocycles. The Balaban J connectivity index is 1.87. The van der Waals surface area contributed by atoms with E-state index in [1.807, 2.05) is 0 Å². The summed E-state index contributed by atoms with van der Waals surface area (Å²) in [7, 11) is 0. The molecule has 1 aliphatic heterocycles. The topological polar surface area (TPSA) is 78.0 Å². The molecular formula is C14H20N6O. The van der Waals surface area contributed by atoms with Crippen molar-refractivity contribution in [2.24, 2.45) is 0 Å². The summed E-state index contributed by atoms with van der Waals surface area (Å²) in [5, 5.41) is 8.82.